The first-order valence-corrected chi connectivity index (χ1v) is 9.78. The van der Waals surface area contributed by atoms with Gasteiger partial charge in [0.05, 0.1) is 35.9 Å². The lowest BCUT2D eigenvalue weighted by atomic mass is 10.2. The lowest BCUT2D eigenvalue weighted by Crippen LogP contribution is -2.19. The Labute approximate surface area is 181 Å². The Balaban J connectivity index is 1.47. The zero-order valence-electron chi connectivity index (χ0n) is 16.2. The van der Waals surface area contributed by atoms with Gasteiger partial charge in [0.2, 0.25) is 11.3 Å². The van der Waals surface area contributed by atoms with Crippen LogP contribution in [0.1, 0.15) is 17.0 Å². The summed E-state index contributed by atoms with van der Waals surface area (Å²) in [6, 6.07) is 15.0. The zero-order valence-corrected chi connectivity index (χ0v) is 16.9. The number of hydrogen-bond donors (Lipinski definition) is 2. The number of furan rings is 1. The molecule has 0 saturated carbocycles. The normalized spacial score (nSPS) is 10.7. The number of carbonyl (C=O) groups is 2. The van der Waals surface area contributed by atoms with E-state index in [9.17, 15) is 14.4 Å². The van der Waals surface area contributed by atoms with Crippen LogP contribution in [0, 0.1) is 0 Å². The average molecular weight is 437 g/mol. The van der Waals surface area contributed by atoms with Crippen LogP contribution >= 0.6 is 11.6 Å². The number of benzene rings is 2. The molecule has 0 unspecified atom stereocenters. The molecule has 156 valence electrons. The predicted octanol–water partition coefficient (Wildman–Crippen LogP) is 3.92. The molecule has 0 aliphatic rings. The van der Waals surface area contributed by atoms with E-state index in [0.717, 1.165) is 0 Å². The Morgan fingerprint density at radius 3 is 2.68 bits per heavy atom. The van der Waals surface area contributed by atoms with Crippen LogP contribution in [0.3, 0.4) is 0 Å². The van der Waals surface area contributed by atoms with Gasteiger partial charge in [-0.25, -0.2) is 0 Å². The first-order valence-electron chi connectivity index (χ1n) is 9.40. The zero-order chi connectivity index (χ0) is 21.8. The molecule has 0 aliphatic carbocycles. The maximum Gasteiger partial charge on any atom is 0.291 e. The molecule has 4 aromatic rings. The molecule has 0 radical (unpaired) electrons. The fourth-order valence-electron chi connectivity index (χ4n) is 3.08. The van der Waals surface area contributed by atoms with Crippen LogP contribution in [0.2, 0.25) is 5.02 Å². The molecule has 31 heavy (non-hydrogen) atoms. The molecule has 2 aromatic carbocycles. The van der Waals surface area contributed by atoms with Gasteiger partial charge in [-0.2, -0.15) is 5.10 Å². The maximum atomic E-state index is 12.6. The highest BCUT2D eigenvalue weighted by Gasteiger charge is 2.14. The molecule has 2 heterocycles. The van der Waals surface area contributed by atoms with Crippen LogP contribution in [0.5, 0.6) is 0 Å². The number of nitrogens with zero attached hydrogens (tertiary/aromatic N) is 2. The molecule has 2 N–H and O–H groups in total. The second-order valence-electron chi connectivity index (χ2n) is 6.67. The van der Waals surface area contributed by atoms with E-state index in [2.05, 4.69) is 15.7 Å². The molecule has 2 aromatic heterocycles. The molecule has 0 fully saturated rings. The Morgan fingerprint density at radius 2 is 1.87 bits per heavy atom. The average Bonchev–Trinajstić information content (AvgIpc) is 3.31. The van der Waals surface area contributed by atoms with Crippen molar-refractivity contribution in [3.63, 3.8) is 0 Å². The number of hydrogen-bond acceptors (Lipinski definition) is 5. The van der Waals surface area contributed by atoms with E-state index in [0.29, 0.717) is 27.3 Å². The molecule has 0 spiro atoms. The van der Waals surface area contributed by atoms with Crippen LogP contribution in [-0.4, -0.2) is 21.6 Å². The van der Waals surface area contributed by atoms with Crippen molar-refractivity contribution in [1.82, 2.24) is 9.78 Å². The Kier molecular flexibility index (Phi) is 5.81. The van der Waals surface area contributed by atoms with Gasteiger partial charge in [-0.15, -0.1) is 0 Å². The summed E-state index contributed by atoms with van der Waals surface area (Å²) in [5.74, 6) is -0.625. The third kappa shape index (κ3) is 4.65. The third-order valence-corrected chi connectivity index (χ3v) is 4.80. The van der Waals surface area contributed by atoms with Crippen molar-refractivity contribution in [1.29, 1.82) is 0 Å². The highest BCUT2D eigenvalue weighted by molar-refractivity contribution is 6.31. The highest BCUT2D eigenvalue weighted by Crippen LogP contribution is 2.26. The Hall–Kier alpha value is -3.91. The second-order valence-corrected chi connectivity index (χ2v) is 7.11. The first-order chi connectivity index (χ1) is 15.0. The van der Waals surface area contributed by atoms with Crippen molar-refractivity contribution in [3.8, 4) is 0 Å². The number of carbonyl (C=O) groups excluding carboxylic acids is 2. The lowest BCUT2D eigenvalue weighted by Gasteiger charge is -2.13. The standard InChI is InChI=1S/C22H17ClN4O4/c23-14-7-8-16(17(12-14)26-22(30)20-6-3-11-31-20)25-21(29)9-10-27-18-5-2-1-4-15(18)19(28)13-24-27/h1-8,11-13H,9-10H2,(H,25,29)(H,26,30). The molecule has 2 amide bonds. The summed E-state index contributed by atoms with van der Waals surface area (Å²) in [6.07, 6.45) is 2.74. The van der Waals surface area contributed by atoms with E-state index < -0.39 is 5.91 Å². The van der Waals surface area contributed by atoms with Gasteiger partial charge < -0.3 is 15.1 Å². The summed E-state index contributed by atoms with van der Waals surface area (Å²) in [5, 5.41) is 10.5. The number of nitrogens with one attached hydrogen (secondary N) is 2. The maximum absolute atomic E-state index is 12.6. The fraction of sp³-hybridized carbons (Fsp3) is 0.0909. The van der Waals surface area contributed by atoms with Crippen LogP contribution in [0.4, 0.5) is 11.4 Å². The Morgan fingerprint density at radius 1 is 1.03 bits per heavy atom. The smallest absolute Gasteiger partial charge is 0.291 e. The van der Waals surface area contributed by atoms with Crippen molar-refractivity contribution >= 4 is 45.7 Å². The van der Waals surface area contributed by atoms with Gasteiger partial charge in [0.15, 0.2) is 5.76 Å². The van der Waals surface area contributed by atoms with Gasteiger partial charge in [-0.05, 0) is 42.5 Å². The van der Waals surface area contributed by atoms with Crippen molar-refractivity contribution in [2.45, 2.75) is 13.0 Å². The predicted molar refractivity (Wildman–Crippen MR) is 117 cm³/mol. The van der Waals surface area contributed by atoms with Gasteiger partial charge in [0, 0.05) is 16.8 Å². The van der Waals surface area contributed by atoms with Crippen LogP contribution in [0.15, 0.2) is 76.3 Å². The number of para-hydroxylation sites is 1. The number of amides is 2. The van der Waals surface area contributed by atoms with Crippen LogP contribution in [-0.2, 0) is 11.3 Å². The summed E-state index contributed by atoms with van der Waals surface area (Å²) < 4.78 is 6.69. The largest absolute Gasteiger partial charge is 0.459 e. The Bertz CT molecular complexity index is 1310. The fourth-order valence-corrected chi connectivity index (χ4v) is 3.25. The summed E-state index contributed by atoms with van der Waals surface area (Å²) >= 11 is 6.05. The van der Waals surface area contributed by atoms with Crippen molar-refractivity contribution in [3.05, 3.63) is 88.1 Å². The van der Waals surface area contributed by atoms with Gasteiger partial charge in [0.25, 0.3) is 5.91 Å². The third-order valence-electron chi connectivity index (χ3n) is 4.56. The number of anilines is 2. The van der Waals surface area contributed by atoms with Crippen LogP contribution in [0.25, 0.3) is 10.9 Å². The van der Waals surface area contributed by atoms with E-state index in [1.54, 1.807) is 41.1 Å². The number of aryl methyl sites for hydroxylation is 1. The summed E-state index contributed by atoms with van der Waals surface area (Å²) in [6.45, 7) is 0.272. The molecule has 0 aliphatic heterocycles. The molecule has 8 nitrogen and oxygen atoms in total. The van der Waals surface area contributed by atoms with Gasteiger partial charge in [0.1, 0.15) is 0 Å². The number of halogens is 1. The first kappa shape index (κ1) is 20.4. The molecule has 0 bridgehead atoms. The van der Waals surface area contributed by atoms with Gasteiger partial charge in [-0.1, -0.05) is 23.7 Å². The quantitative estimate of drug-likeness (QED) is 0.476. The molecular formula is C22H17ClN4O4. The van der Waals surface area contributed by atoms with Crippen molar-refractivity contribution in [2.75, 3.05) is 10.6 Å². The van der Waals surface area contributed by atoms with E-state index in [-0.39, 0.29) is 30.1 Å². The number of rotatable bonds is 6. The minimum Gasteiger partial charge on any atom is -0.459 e. The number of fused-ring (bicyclic) bond motifs is 1. The van der Waals surface area contributed by atoms with Crippen LogP contribution < -0.4 is 16.1 Å². The molecule has 0 atom stereocenters. The van der Waals surface area contributed by atoms with Crippen molar-refractivity contribution < 1.29 is 14.0 Å². The van der Waals surface area contributed by atoms with E-state index >= 15 is 0 Å². The second kappa shape index (κ2) is 8.85. The summed E-state index contributed by atoms with van der Waals surface area (Å²) in [7, 11) is 0. The molecular weight excluding hydrogens is 420 g/mol. The summed E-state index contributed by atoms with van der Waals surface area (Å²) in [5.41, 5.74) is 1.22. The lowest BCUT2D eigenvalue weighted by molar-refractivity contribution is -0.116. The van der Waals surface area contributed by atoms with E-state index in [4.69, 9.17) is 16.0 Å². The minimum atomic E-state index is -0.466. The molecule has 9 heteroatoms. The topological polar surface area (TPSA) is 106 Å². The van der Waals surface area contributed by atoms with Gasteiger partial charge in [-0.3, -0.25) is 19.1 Å². The van der Waals surface area contributed by atoms with Crippen molar-refractivity contribution in [2.24, 2.45) is 0 Å². The molecule has 0 saturated heterocycles. The van der Waals surface area contributed by atoms with E-state index in [1.807, 2.05) is 6.07 Å². The van der Waals surface area contributed by atoms with Gasteiger partial charge >= 0.3 is 0 Å². The van der Waals surface area contributed by atoms with E-state index in [1.165, 1.54) is 24.6 Å². The minimum absolute atomic E-state index is 0.105. The summed E-state index contributed by atoms with van der Waals surface area (Å²) in [4.78, 5) is 36.8. The SMILES string of the molecule is O=C(CCn1ncc(=O)c2ccccc21)Nc1ccc(Cl)cc1NC(=O)c1ccco1. The highest BCUT2D eigenvalue weighted by atomic mass is 35.5. The number of aromatic nitrogens is 2. The monoisotopic (exact) mass is 436 g/mol. The molecule has 4 rings (SSSR count).